The average Bonchev–Trinajstić information content (AvgIpc) is 3.14. The molecule has 0 aliphatic carbocycles. The molecule has 0 radical (unpaired) electrons. The molecule has 0 atom stereocenters. The maximum absolute atomic E-state index is 13.7. The number of rotatable bonds is 6. The summed E-state index contributed by atoms with van der Waals surface area (Å²) >= 11 is 0. The number of nitrogens with zero attached hydrogens (tertiary/aromatic N) is 5. The van der Waals surface area contributed by atoms with Crippen LogP contribution in [-0.4, -0.2) is 63.8 Å². The van der Waals surface area contributed by atoms with E-state index in [0.717, 1.165) is 50.5 Å². The number of aryl methyl sites for hydroxylation is 1. The zero-order chi connectivity index (χ0) is 19.3. The molecule has 0 spiro atoms. The molecule has 1 aromatic carbocycles. The summed E-state index contributed by atoms with van der Waals surface area (Å²) in [7, 11) is 1.91. The summed E-state index contributed by atoms with van der Waals surface area (Å²) in [6, 6.07) is 6.43. The first-order valence-corrected chi connectivity index (χ1v) is 9.35. The Morgan fingerprint density at radius 1 is 1.21 bits per heavy atom. The van der Waals surface area contributed by atoms with Crippen molar-refractivity contribution >= 4 is 5.95 Å². The molecule has 4 rings (SSSR count). The zero-order valence-corrected chi connectivity index (χ0v) is 15.8. The van der Waals surface area contributed by atoms with E-state index in [4.69, 9.17) is 9.72 Å². The van der Waals surface area contributed by atoms with E-state index in [-0.39, 0.29) is 5.82 Å². The molecular formula is C20H23FN6O. The Hall–Kier alpha value is -2.84. The van der Waals surface area contributed by atoms with E-state index in [9.17, 15) is 4.39 Å². The number of halogens is 1. The fourth-order valence-electron chi connectivity index (χ4n) is 3.25. The highest BCUT2D eigenvalue weighted by Gasteiger charge is 2.16. The lowest BCUT2D eigenvalue weighted by Crippen LogP contribution is -2.39. The fraction of sp³-hybridized carbons (Fsp3) is 0.350. The standard InChI is InChI=1S/C20H23FN6O/c1-26-7-5-22-19(26)18-17(15-3-2-4-16(21)13-15)14-24-20(25-18)23-6-8-27-9-11-28-12-10-27/h2-5,7,13-14H,6,8-12H2,1H3,(H,23,24,25). The highest BCUT2D eigenvalue weighted by molar-refractivity contribution is 5.78. The number of anilines is 1. The Kier molecular flexibility index (Phi) is 5.59. The van der Waals surface area contributed by atoms with Gasteiger partial charge in [0.05, 0.1) is 13.2 Å². The molecule has 7 nitrogen and oxygen atoms in total. The van der Waals surface area contributed by atoms with Gasteiger partial charge < -0.3 is 14.6 Å². The van der Waals surface area contributed by atoms with Crippen molar-refractivity contribution in [2.45, 2.75) is 0 Å². The smallest absolute Gasteiger partial charge is 0.223 e. The average molecular weight is 382 g/mol. The molecule has 146 valence electrons. The van der Waals surface area contributed by atoms with Gasteiger partial charge in [-0.05, 0) is 17.7 Å². The number of ether oxygens (including phenoxy) is 1. The molecule has 1 N–H and O–H groups in total. The quantitative estimate of drug-likeness (QED) is 0.706. The van der Waals surface area contributed by atoms with Crippen LogP contribution in [0, 0.1) is 5.82 Å². The topological polar surface area (TPSA) is 68.1 Å². The van der Waals surface area contributed by atoms with Crippen LogP contribution < -0.4 is 5.32 Å². The van der Waals surface area contributed by atoms with E-state index in [0.29, 0.717) is 17.5 Å². The van der Waals surface area contributed by atoms with E-state index in [1.165, 1.54) is 12.1 Å². The lowest BCUT2D eigenvalue weighted by Gasteiger charge is -2.26. The molecule has 8 heteroatoms. The predicted octanol–water partition coefficient (Wildman–Crippen LogP) is 2.43. The molecule has 3 heterocycles. The summed E-state index contributed by atoms with van der Waals surface area (Å²) < 4.78 is 21.0. The molecule has 2 aromatic heterocycles. The van der Waals surface area contributed by atoms with Crippen molar-refractivity contribution in [3.05, 3.63) is 48.7 Å². The van der Waals surface area contributed by atoms with Gasteiger partial charge in [0.25, 0.3) is 0 Å². The van der Waals surface area contributed by atoms with Crippen molar-refractivity contribution in [1.29, 1.82) is 0 Å². The fourth-order valence-corrected chi connectivity index (χ4v) is 3.25. The van der Waals surface area contributed by atoms with E-state index in [1.807, 2.05) is 23.9 Å². The van der Waals surface area contributed by atoms with Gasteiger partial charge in [-0.1, -0.05) is 12.1 Å². The molecule has 0 bridgehead atoms. The summed E-state index contributed by atoms with van der Waals surface area (Å²) in [5.41, 5.74) is 2.13. The zero-order valence-electron chi connectivity index (χ0n) is 15.8. The number of morpholine rings is 1. The van der Waals surface area contributed by atoms with Gasteiger partial charge in [-0.2, -0.15) is 0 Å². The number of benzene rings is 1. The summed E-state index contributed by atoms with van der Waals surface area (Å²) in [6.07, 6.45) is 5.31. The molecule has 28 heavy (non-hydrogen) atoms. The molecular weight excluding hydrogens is 359 g/mol. The molecule has 1 fully saturated rings. The van der Waals surface area contributed by atoms with Gasteiger partial charge in [-0.15, -0.1) is 0 Å². The minimum atomic E-state index is -0.295. The Morgan fingerprint density at radius 2 is 2.07 bits per heavy atom. The Labute approximate surface area is 163 Å². The summed E-state index contributed by atoms with van der Waals surface area (Å²) in [4.78, 5) is 15.9. The first-order chi connectivity index (χ1) is 13.7. The largest absolute Gasteiger partial charge is 0.379 e. The van der Waals surface area contributed by atoms with Gasteiger partial charge in [0, 0.05) is 57.4 Å². The Balaban J connectivity index is 1.58. The van der Waals surface area contributed by atoms with E-state index in [2.05, 4.69) is 20.2 Å². The molecule has 0 saturated carbocycles. The molecule has 1 aliphatic rings. The number of imidazole rings is 1. The Bertz CT molecular complexity index is 938. The summed E-state index contributed by atoms with van der Waals surface area (Å²) in [5.74, 6) is 0.945. The van der Waals surface area contributed by atoms with Gasteiger partial charge in [0.15, 0.2) is 5.82 Å². The molecule has 1 saturated heterocycles. The first-order valence-electron chi connectivity index (χ1n) is 9.35. The molecule has 3 aromatic rings. The van der Waals surface area contributed by atoms with E-state index >= 15 is 0 Å². The number of aromatic nitrogens is 4. The second kappa shape index (κ2) is 8.45. The minimum absolute atomic E-state index is 0.295. The SMILES string of the molecule is Cn1ccnc1-c1nc(NCCN2CCOCC2)ncc1-c1cccc(F)c1. The lowest BCUT2D eigenvalue weighted by molar-refractivity contribution is 0.0398. The van der Waals surface area contributed by atoms with Crippen molar-refractivity contribution < 1.29 is 9.13 Å². The normalized spacial score (nSPS) is 14.9. The highest BCUT2D eigenvalue weighted by Crippen LogP contribution is 2.30. The lowest BCUT2D eigenvalue weighted by atomic mass is 10.1. The van der Waals surface area contributed by atoms with Crippen molar-refractivity contribution in [1.82, 2.24) is 24.4 Å². The molecule has 0 unspecified atom stereocenters. The third-order valence-corrected chi connectivity index (χ3v) is 4.77. The third kappa shape index (κ3) is 4.18. The van der Waals surface area contributed by atoms with Crippen LogP contribution in [0.2, 0.25) is 0 Å². The van der Waals surface area contributed by atoms with Gasteiger partial charge in [0.2, 0.25) is 5.95 Å². The van der Waals surface area contributed by atoms with Crippen LogP contribution in [0.3, 0.4) is 0 Å². The minimum Gasteiger partial charge on any atom is -0.379 e. The van der Waals surface area contributed by atoms with E-state index in [1.54, 1.807) is 18.5 Å². The van der Waals surface area contributed by atoms with E-state index < -0.39 is 0 Å². The van der Waals surface area contributed by atoms with Crippen molar-refractivity contribution in [2.24, 2.45) is 7.05 Å². The van der Waals surface area contributed by atoms with Gasteiger partial charge in [0.1, 0.15) is 11.5 Å². The van der Waals surface area contributed by atoms with Crippen LogP contribution in [0.15, 0.2) is 42.9 Å². The number of nitrogens with one attached hydrogen (secondary N) is 1. The third-order valence-electron chi connectivity index (χ3n) is 4.77. The number of hydrogen-bond donors (Lipinski definition) is 1. The van der Waals surface area contributed by atoms with Gasteiger partial charge in [-0.3, -0.25) is 4.90 Å². The summed E-state index contributed by atoms with van der Waals surface area (Å²) in [5, 5.41) is 3.29. The molecule has 1 aliphatic heterocycles. The van der Waals surface area contributed by atoms with Crippen molar-refractivity contribution in [3.8, 4) is 22.6 Å². The van der Waals surface area contributed by atoms with Gasteiger partial charge >= 0.3 is 0 Å². The monoisotopic (exact) mass is 382 g/mol. The maximum atomic E-state index is 13.7. The van der Waals surface area contributed by atoms with Crippen LogP contribution in [0.4, 0.5) is 10.3 Å². The Morgan fingerprint density at radius 3 is 2.82 bits per heavy atom. The highest BCUT2D eigenvalue weighted by atomic mass is 19.1. The second-order valence-electron chi connectivity index (χ2n) is 6.71. The first kappa shape index (κ1) is 18.5. The van der Waals surface area contributed by atoms with Crippen LogP contribution >= 0.6 is 0 Å². The van der Waals surface area contributed by atoms with Crippen molar-refractivity contribution in [2.75, 3.05) is 44.7 Å². The van der Waals surface area contributed by atoms with Crippen LogP contribution in [0.1, 0.15) is 0 Å². The van der Waals surface area contributed by atoms with Crippen LogP contribution in [0.5, 0.6) is 0 Å². The van der Waals surface area contributed by atoms with Gasteiger partial charge in [-0.25, -0.2) is 19.3 Å². The van der Waals surface area contributed by atoms with Crippen molar-refractivity contribution in [3.63, 3.8) is 0 Å². The summed E-state index contributed by atoms with van der Waals surface area (Å²) in [6.45, 7) is 5.08. The van der Waals surface area contributed by atoms with Crippen LogP contribution in [-0.2, 0) is 11.8 Å². The second-order valence-corrected chi connectivity index (χ2v) is 6.71. The maximum Gasteiger partial charge on any atom is 0.223 e. The predicted molar refractivity (Wildman–Crippen MR) is 105 cm³/mol. The van der Waals surface area contributed by atoms with Crippen LogP contribution in [0.25, 0.3) is 22.6 Å². The molecule has 0 amide bonds. The number of hydrogen-bond acceptors (Lipinski definition) is 6.